The Morgan fingerprint density at radius 1 is 0.806 bits per heavy atom. The molecule has 36 heavy (non-hydrogen) atoms. The predicted molar refractivity (Wildman–Crippen MR) is 139 cm³/mol. The second kappa shape index (κ2) is 12.1. The lowest BCUT2D eigenvalue weighted by molar-refractivity contribution is 0.0599. The smallest absolute Gasteiger partial charge is 0.338 e. The lowest BCUT2D eigenvalue weighted by Gasteiger charge is -2.11. The van der Waals surface area contributed by atoms with Crippen LogP contribution in [0, 0.1) is 13.8 Å². The van der Waals surface area contributed by atoms with Gasteiger partial charge in [0.2, 0.25) is 0 Å². The van der Waals surface area contributed by atoms with Crippen molar-refractivity contribution in [2.45, 2.75) is 50.3 Å². The van der Waals surface area contributed by atoms with Crippen LogP contribution in [0.1, 0.15) is 56.8 Å². The van der Waals surface area contributed by atoms with E-state index in [0.717, 1.165) is 18.1 Å². The molecule has 0 saturated carbocycles. The number of esters is 1. The van der Waals surface area contributed by atoms with Gasteiger partial charge in [0, 0.05) is 18.1 Å². The molecule has 0 bridgehead atoms. The Balaban J connectivity index is 0.000000362. The fourth-order valence-electron chi connectivity index (χ4n) is 3.56. The number of hydrogen-bond donors (Lipinski definition) is 2. The standard InChI is InChI=1S/C12H17N3O3S.C12H16O4S/c1-4-8-5-7(2)10(19(3,17)18)6-9(8)11(16)15-12(13)14;1-5-9-6-8(2)11(17(4,14)15)7-10(9)12(13)16-3/h5-6H,4H2,1-3H3,(H4,13,14,15,16);6-7H,5H2,1-4H3. The van der Waals surface area contributed by atoms with Crippen molar-refractivity contribution in [3.05, 3.63) is 57.6 Å². The van der Waals surface area contributed by atoms with Crippen molar-refractivity contribution in [3.8, 4) is 0 Å². The minimum Gasteiger partial charge on any atom is -0.465 e. The first kappa shape index (κ1) is 30.8. The first-order chi connectivity index (χ1) is 16.5. The van der Waals surface area contributed by atoms with Crippen molar-refractivity contribution in [1.29, 1.82) is 0 Å². The summed E-state index contributed by atoms with van der Waals surface area (Å²) in [5.41, 5.74) is 13.6. The van der Waals surface area contributed by atoms with Crippen LogP contribution in [0.5, 0.6) is 0 Å². The Morgan fingerprint density at radius 2 is 1.19 bits per heavy atom. The summed E-state index contributed by atoms with van der Waals surface area (Å²) in [6, 6.07) is 6.13. The maximum atomic E-state index is 11.9. The number of aryl methyl sites for hydroxylation is 4. The summed E-state index contributed by atoms with van der Waals surface area (Å²) in [6.07, 6.45) is 3.44. The van der Waals surface area contributed by atoms with Gasteiger partial charge in [-0.2, -0.15) is 4.99 Å². The zero-order valence-electron chi connectivity index (χ0n) is 21.5. The van der Waals surface area contributed by atoms with Crippen LogP contribution in [0.4, 0.5) is 0 Å². The van der Waals surface area contributed by atoms with Gasteiger partial charge in [0.05, 0.1) is 22.5 Å². The highest BCUT2D eigenvalue weighted by Gasteiger charge is 2.19. The van der Waals surface area contributed by atoms with Gasteiger partial charge in [0.1, 0.15) is 0 Å². The van der Waals surface area contributed by atoms with Crippen LogP contribution in [-0.2, 0) is 37.3 Å². The molecule has 198 valence electrons. The van der Waals surface area contributed by atoms with Crippen molar-refractivity contribution in [2.24, 2.45) is 16.5 Å². The Morgan fingerprint density at radius 3 is 1.53 bits per heavy atom. The number of aliphatic imine (C=N–C) groups is 1. The van der Waals surface area contributed by atoms with E-state index in [2.05, 4.69) is 9.73 Å². The van der Waals surface area contributed by atoms with Gasteiger partial charge in [-0.1, -0.05) is 26.0 Å². The second-order valence-electron chi connectivity index (χ2n) is 8.13. The number of rotatable bonds is 6. The van der Waals surface area contributed by atoms with Crippen molar-refractivity contribution in [2.75, 3.05) is 19.6 Å². The molecule has 0 heterocycles. The molecule has 0 aromatic heterocycles. The Labute approximate surface area is 212 Å². The van der Waals surface area contributed by atoms with Gasteiger partial charge in [-0.15, -0.1) is 0 Å². The van der Waals surface area contributed by atoms with Crippen molar-refractivity contribution < 1.29 is 31.2 Å². The topological polar surface area (TPSA) is 176 Å². The molecule has 4 N–H and O–H groups in total. The number of amides is 1. The van der Waals surface area contributed by atoms with Gasteiger partial charge in [-0.25, -0.2) is 21.6 Å². The van der Waals surface area contributed by atoms with Crippen molar-refractivity contribution in [1.82, 2.24) is 0 Å². The molecule has 10 nitrogen and oxygen atoms in total. The highest BCUT2D eigenvalue weighted by molar-refractivity contribution is 7.91. The number of nitrogens with zero attached hydrogens (tertiary/aromatic N) is 1. The summed E-state index contributed by atoms with van der Waals surface area (Å²) in [7, 11) is -5.46. The largest absolute Gasteiger partial charge is 0.465 e. The average Bonchev–Trinajstić information content (AvgIpc) is 2.76. The Hall–Kier alpha value is -3.25. The molecule has 0 saturated heterocycles. The second-order valence-corrected chi connectivity index (χ2v) is 12.1. The zero-order valence-corrected chi connectivity index (χ0v) is 23.1. The van der Waals surface area contributed by atoms with E-state index < -0.39 is 31.6 Å². The van der Waals surface area contributed by atoms with E-state index in [4.69, 9.17) is 11.5 Å². The van der Waals surface area contributed by atoms with Crippen LogP contribution >= 0.6 is 0 Å². The third kappa shape index (κ3) is 7.89. The minimum atomic E-state index is -3.41. The highest BCUT2D eigenvalue weighted by Crippen LogP contribution is 2.23. The summed E-state index contributed by atoms with van der Waals surface area (Å²) in [5, 5.41) is 0. The molecule has 0 unspecified atom stereocenters. The quantitative estimate of drug-likeness (QED) is 0.316. The lowest BCUT2D eigenvalue weighted by atomic mass is 10.0. The summed E-state index contributed by atoms with van der Waals surface area (Å²) < 4.78 is 51.1. The number of methoxy groups -OCH3 is 1. The van der Waals surface area contributed by atoms with E-state index in [1.54, 1.807) is 26.0 Å². The summed E-state index contributed by atoms with van der Waals surface area (Å²) in [5.74, 6) is -1.50. The van der Waals surface area contributed by atoms with E-state index in [0.29, 0.717) is 35.1 Å². The van der Waals surface area contributed by atoms with Crippen LogP contribution < -0.4 is 11.5 Å². The zero-order chi connectivity index (χ0) is 28.0. The molecule has 0 spiro atoms. The molecular formula is C24H33N3O7S2. The average molecular weight is 540 g/mol. The van der Waals surface area contributed by atoms with E-state index in [-0.39, 0.29) is 21.3 Å². The number of nitrogens with two attached hydrogens (primary N) is 2. The van der Waals surface area contributed by atoms with Crippen molar-refractivity contribution in [3.63, 3.8) is 0 Å². The number of ether oxygens (including phenoxy) is 1. The third-order valence-corrected chi connectivity index (χ3v) is 7.71. The molecule has 0 radical (unpaired) electrons. The number of carbonyl (C=O) groups excluding carboxylic acids is 2. The van der Waals surface area contributed by atoms with E-state index >= 15 is 0 Å². The minimum absolute atomic E-state index is 0.110. The van der Waals surface area contributed by atoms with Crippen LogP contribution in [0.3, 0.4) is 0 Å². The Bertz CT molecular complexity index is 1410. The van der Waals surface area contributed by atoms with Crippen LogP contribution in [0.2, 0.25) is 0 Å². The fraction of sp³-hybridized carbons (Fsp3) is 0.375. The molecule has 2 aromatic rings. The Kier molecular flexibility index (Phi) is 10.4. The van der Waals surface area contributed by atoms with E-state index in [9.17, 15) is 26.4 Å². The first-order valence-corrected chi connectivity index (χ1v) is 14.7. The number of hydrogen-bond acceptors (Lipinski definition) is 7. The maximum absolute atomic E-state index is 11.9. The first-order valence-electron chi connectivity index (χ1n) is 10.9. The van der Waals surface area contributed by atoms with E-state index in [1.807, 2.05) is 13.8 Å². The van der Waals surface area contributed by atoms with Gasteiger partial charge >= 0.3 is 5.97 Å². The van der Waals surface area contributed by atoms with E-state index in [1.165, 1.54) is 19.2 Å². The number of guanidine groups is 1. The third-order valence-electron chi connectivity index (χ3n) is 5.23. The number of sulfone groups is 2. The summed E-state index contributed by atoms with van der Waals surface area (Å²) in [6.45, 7) is 7.17. The highest BCUT2D eigenvalue weighted by atomic mass is 32.2. The summed E-state index contributed by atoms with van der Waals surface area (Å²) >= 11 is 0. The number of carbonyl (C=O) groups is 2. The molecule has 0 aliphatic carbocycles. The maximum Gasteiger partial charge on any atom is 0.338 e. The molecule has 2 aromatic carbocycles. The van der Waals surface area contributed by atoms with Gasteiger partial charge in [-0.05, 0) is 61.1 Å². The van der Waals surface area contributed by atoms with Crippen molar-refractivity contribution >= 4 is 37.5 Å². The SMILES string of the molecule is CCc1cc(C)c(S(C)(=O)=O)cc1C(=O)N=C(N)N.CCc1cc(C)c(S(C)(=O)=O)cc1C(=O)OC. The predicted octanol–water partition coefficient (Wildman–Crippen LogP) is 2.12. The summed E-state index contributed by atoms with van der Waals surface area (Å²) in [4.78, 5) is 27.2. The molecular weight excluding hydrogens is 506 g/mol. The fourth-order valence-corrected chi connectivity index (χ4v) is 5.51. The molecule has 0 fully saturated rings. The van der Waals surface area contributed by atoms with Gasteiger partial charge in [0.25, 0.3) is 5.91 Å². The van der Waals surface area contributed by atoms with Gasteiger partial charge in [0.15, 0.2) is 25.6 Å². The molecule has 0 atom stereocenters. The molecule has 0 aliphatic heterocycles. The molecule has 1 amide bonds. The molecule has 0 aliphatic rings. The van der Waals surface area contributed by atoms with Gasteiger partial charge in [-0.3, -0.25) is 4.79 Å². The van der Waals surface area contributed by atoms with Crippen LogP contribution in [0.15, 0.2) is 39.0 Å². The molecule has 12 heteroatoms. The van der Waals surface area contributed by atoms with Crippen LogP contribution in [-0.4, -0.2) is 54.3 Å². The lowest BCUT2D eigenvalue weighted by Crippen LogP contribution is -2.24. The molecule has 2 rings (SSSR count). The van der Waals surface area contributed by atoms with Crippen LogP contribution in [0.25, 0.3) is 0 Å². The number of benzene rings is 2. The normalized spacial score (nSPS) is 11.2. The monoisotopic (exact) mass is 539 g/mol. The van der Waals surface area contributed by atoms with Gasteiger partial charge < -0.3 is 16.2 Å².